The second-order valence-electron chi connectivity index (χ2n) is 6.63. The minimum Gasteiger partial charge on any atom is -0.339 e. The van der Waals surface area contributed by atoms with Crippen LogP contribution in [-0.2, 0) is 21.2 Å². The van der Waals surface area contributed by atoms with E-state index in [2.05, 4.69) is 31.2 Å². The number of benzene rings is 2. The van der Waals surface area contributed by atoms with E-state index in [1.165, 1.54) is 23.3 Å². The van der Waals surface area contributed by atoms with Gasteiger partial charge in [-0.15, -0.1) is 0 Å². The molecule has 0 fully saturated rings. The largest absolute Gasteiger partial charge is 0.339 e. The van der Waals surface area contributed by atoms with Crippen LogP contribution in [0.4, 0.5) is 0 Å². The van der Waals surface area contributed by atoms with E-state index in [1.54, 1.807) is 24.1 Å². The third-order valence-electron chi connectivity index (χ3n) is 4.64. The summed E-state index contributed by atoms with van der Waals surface area (Å²) in [5, 5.41) is 5.11. The van der Waals surface area contributed by atoms with Crippen LogP contribution in [0.2, 0.25) is 0 Å². The average Bonchev–Trinajstić information content (AvgIpc) is 2.61. The molecule has 5 nitrogen and oxygen atoms in total. The fourth-order valence-electron chi connectivity index (χ4n) is 2.75. The fourth-order valence-corrected chi connectivity index (χ4v) is 3.27. The third kappa shape index (κ3) is 5.41. The van der Waals surface area contributed by atoms with Crippen molar-refractivity contribution in [1.82, 2.24) is 4.90 Å². The Bertz CT molecular complexity index is 844. The van der Waals surface area contributed by atoms with E-state index in [4.69, 9.17) is 5.14 Å². The Hall–Kier alpha value is -2.18. The van der Waals surface area contributed by atoms with Crippen LogP contribution >= 0.6 is 0 Å². The SMILES string of the molecule is Cc1ccc(CCCC(=O)N(C)C(C)c2ccc(S(N)(=O)=O)cc2)cc1. The highest BCUT2D eigenvalue weighted by Gasteiger charge is 2.18. The second-order valence-corrected chi connectivity index (χ2v) is 8.20. The molecule has 0 aliphatic carbocycles. The number of primary sulfonamides is 1. The monoisotopic (exact) mass is 374 g/mol. The number of nitrogens with zero attached hydrogens (tertiary/aromatic N) is 1. The zero-order valence-electron chi connectivity index (χ0n) is 15.5. The molecule has 0 aliphatic rings. The van der Waals surface area contributed by atoms with E-state index >= 15 is 0 Å². The molecule has 0 saturated carbocycles. The summed E-state index contributed by atoms with van der Waals surface area (Å²) in [5.41, 5.74) is 3.33. The van der Waals surface area contributed by atoms with E-state index in [0.29, 0.717) is 6.42 Å². The van der Waals surface area contributed by atoms with E-state index in [1.807, 2.05) is 6.92 Å². The van der Waals surface area contributed by atoms with Crippen molar-refractivity contribution in [3.8, 4) is 0 Å². The van der Waals surface area contributed by atoms with Gasteiger partial charge in [-0.2, -0.15) is 0 Å². The zero-order valence-corrected chi connectivity index (χ0v) is 16.3. The summed E-state index contributed by atoms with van der Waals surface area (Å²) in [6.07, 6.45) is 2.14. The first-order valence-electron chi connectivity index (χ1n) is 8.62. The van der Waals surface area contributed by atoms with Crippen LogP contribution in [0, 0.1) is 6.92 Å². The molecule has 0 aromatic heterocycles. The first kappa shape index (κ1) is 20.1. The van der Waals surface area contributed by atoms with Gasteiger partial charge in [-0.1, -0.05) is 42.0 Å². The Kier molecular flexibility index (Phi) is 6.56. The molecule has 2 aromatic rings. The Morgan fingerprint density at radius 3 is 2.19 bits per heavy atom. The van der Waals surface area contributed by atoms with Gasteiger partial charge in [0.2, 0.25) is 15.9 Å². The first-order valence-corrected chi connectivity index (χ1v) is 10.2. The summed E-state index contributed by atoms with van der Waals surface area (Å²) in [5.74, 6) is 0.0696. The average molecular weight is 375 g/mol. The van der Waals surface area contributed by atoms with Gasteiger partial charge in [-0.25, -0.2) is 13.6 Å². The summed E-state index contributed by atoms with van der Waals surface area (Å²) >= 11 is 0. The maximum absolute atomic E-state index is 12.4. The minimum absolute atomic E-state index is 0.0696. The van der Waals surface area contributed by atoms with Gasteiger partial charge < -0.3 is 4.90 Å². The van der Waals surface area contributed by atoms with E-state index in [-0.39, 0.29) is 16.8 Å². The quantitative estimate of drug-likeness (QED) is 0.808. The van der Waals surface area contributed by atoms with Gasteiger partial charge in [-0.05, 0) is 49.9 Å². The van der Waals surface area contributed by atoms with E-state index < -0.39 is 10.0 Å². The number of rotatable bonds is 7. The number of amides is 1. The van der Waals surface area contributed by atoms with Crippen LogP contribution in [-0.4, -0.2) is 26.3 Å². The molecule has 2 rings (SSSR count). The summed E-state index contributed by atoms with van der Waals surface area (Å²) in [4.78, 5) is 14.2. The number of sulfonamides is 1. The molecular weight excluding hydrogens is 348 g/mol. The van der Waals surface area contributed by atoms with E-state index in [9.17, 15) is 13.2 Å². The molecule has 140 valence electrons. The molecule has 2 N–H and O–H groups in total. The van der Waals surface area contributed by atoms with Crippen molar-refractivity contribution in [2.75, 3.05) is 7.05 Å². The fraction of sp³-hybridized carbons (Fsp3) is 0.350. The molecule has 6 heteroatoms. The summed E-state index contributed by atoms with van der Waals surface area (Å²) in [6, 6.07) is 14.5. The topological polar surface area (TPSA) is 80.5 Å². The van der Waals surface area contributed by atoms with Gasteiger partial charge in [0.15, 0.2) is 0 Å². The number of hydrogen-bond donors (Lipinski definition) is 1. The Labute approximate surface area is 155 Å². The van der Waals surface area contributed by atoms with Gasteiger partial charge in [0.25, 0.3) is 0 Å². The van der Waals surface area contributed by atoms with Crippen LogP contribution in [0.3, 0.4) is 0 Å². The lowest BCUT2D eigenvalue weighted by atomic mass is 10.0. The molecule has 1 atom stereocenters. The summed E-state index contributed by atoms with van der Waals surface area (Å²) < 4.78 is 22.6. The van der Waals surface area contributed by atoms with Gasteiger partial charge >= 0.3 is 0 Å². The smallest absolute Gasteiger partial charge is 0.238 e. The predicted octanol–water partition coefficient (Wildman–Crippen LogP) is 3.18. The molecule has 0 spiro atoms. The first-order chi connectivity index (χ1) is 12.2. The lowest BCUT2D eigenvalue weighted by Gasteiger charge is -2.25. The number of aryl methyl sites for hydroxylation is 2. The number of carbonyl (C=O) groups excluding carboxylic acids is 1. The lowest BCUT2D eigenvalue weighted by molar-refractivity contribution is -0.131. The normalized spacial score (nSPS) is 12.6. The molecule has 1 amide bonds. The highest BCUT2D eigenvalue weighted by molar-refractivity contribution is 7.89. The lowest BCUT2D eigenvalue weighted by Crippen LogP contribution is -2.29. The van der Waals surface area contributed by atoms with Crippen LogP contribution in [0.1, 0.15) is 42.5 Å². The van der Waals surface area contributed by atoms with Crippen molar-refractivity contribution in [3.05, 3.63) is 65.2 Å². The molecule has 0 heterocycles. The van der Waals surface area contributed by atoms with Crippen LogP contribution in [0.5, 0.6) is 0 Å². The van der Waals surface area contributed by atoms with Gasteiger partial charge in [0, 0.05) is 13.5 Å². The second kappa shape index (κ2) is 8.47. The van der Waals surface area contributed by atoms with Crippen LogP contribution in [0.25, 0.3) is 0 Å². The summed E-state index contributed by atoms with van der Waals surface area (Å²) in [6.45, 7) is 3.98. The van der Waals surface area contributed by atoms with Crippen LogP contribution in [0.15, 0.2) is 53.4 Å². The zero-order chi connectivity index (χ0) is 19.3. The molecular formula is C20H26N2O3S. The van der Waals surface area contributed by atoms with Crippen LogP contribution < -0.4 is 5.14 Å². The number of hydrogen-bond acceptors (Lipinski definition) is 3. The highest BCUT2D eigenvalue weighted by Crippen LogP contribution is 2.21. The molecule has 0 bridgehead atoms. The summed E-state index contributed by atoms with van der Waals surface area (Å²) in [7, 11) is -1.93. The van der Waals surface area contributed by atoms with Crippen molar-refractivity contribution in [1.29, 1.82) is 0 Å². The molecule has 0 saturated heterocycles. The van der Waals surface area contributed by atoms with Gasteiger partial charge in [0.1, 0.15) is 0 Å². The van der Waals surface area contributed by atoms with Crippen molar-refractivity contribution >= 4 is 15.9 Å². The van der Waals surface area contributed by atoms with Crippen molar-refractivity contribution in [2.45, 2.75) is 44.0 Å². The molecule has 26 heavy (non-hydrogen) atoms. The number of nitrogens with two attached hydrogens (primary N) is 1. The Morgan fingerprint density at radius 2 is 1.65 bits per heavy atom. The Balaban J connectivity index is 1.91. The minimum atomic E-state index is -3.70. The van der Waals surface area contributed by atoms with Crippen molar-refractivity contribution in [3.63, 3.8) is 0 Å². The maximum Gasteiger partial charge on any atom is 0.238 e. The number of carbonyl (C=O) groups is 1. The predicted molar refractivity (Wildman–Crippen MR) is 103 cm³/mol. The van der Waals surface area contributed by atoms with E-state index in [0.717, 1.165) is 18.4 Å². The van der Waals surface area contributed by atoms with Gasteiger partial charge in [0.05, 0.1) is 10.9 Å². The Morgan fingerprint density at radius 1 is 1.08 bits per heavy atom. The molecule has 1 unspecified atom stereocenters. The van der Waals surface area contributed by atoms with Gasteiger partial charge in [-0.3, -0.25) is 4.79 Å². The maximum atomic E-state index is 12.4. The van der Waals surface area contributed by atoms with Crippen molar-refractivity contribution < 1.29 is 13.2 Å². The third-order valence-corrected chi connectivity index (χ3v) is 5.57. The molecule has 0 radical (unpaired) electrons. The van der Waals surface area contributed by atoms with Crippen molar-refractivity contribution in [2.24, 2.45) is 5.14 Å². The standard InChI is InChI=1S/C20H26N2O3S/c1-15-7-9-17(10-8-15)5-4-6-20(23)22(3)16(2)18-11-13-19(14-12-18)26(21,24)25/h7-14,16H,4-6H2,1-3H3,(H2,21,24,25). The highest BCUT2D eigenvalue weighted by atomic mass is 32.2. The molecule has 2 aromatic carbocycles. The molecule has 0 aliphatic heterocycles.